The first kappa shape index (κ1) is 12.2. The predicted octanol–water partition coefficient (Wildman–Crippen LogP) is 0.746. The molecule has 1 rings (SSSR count). The van der Waals surface area contributed by atoms with Crippen LogP contribution in [0.2, 0.25) is 0 Å². The van der Waals surface area contributed by atoms with Gasteiger partial charge in [-0.2, -0.15) is 0 Å². The molecular weight excluding hydrogens is 206 g/mol. The van der Waals surface area contributed by atoms with Crippen molar-refractivity contribution in [1.82, 2.24) is 9.97 Å². The number of amidine groups is 1. The predicted molar refractivity (Wildman–Crippen MR) is 62.7 cm³/mol. The van der Waals surface area contributed by atoms with Gasteiger partial charge in [-0.1, -0.05) is 5.16 Å². The Hall–Kier alpha value is -1.85. The van der Waals surface area contributed by atoms with Crippen molar-refractivity contribution in [3.8, 4) is 0 Å². The molecule has 0 spiro atoms. The van der Waals surface area contributed by atoms with Gasteiger partial charge in [-0.05, 0) is 19.9 Å². The fourth-order valence-corrected chi connectivity index (χ4v) is 1.35. The summed E-state index contributed by atoms with van der Waals surface area (Å²) in [5.41, 5.74) is 5.46. The molecule has 16 heavy (non-hydrogen) atoms. The fourth-order valence-electron chi connectivity index (χ4n) is 1.35. The van der Waals surface area contributed by atoms with Crippen molar-refractivity contribution in [2.24, 2.45) is 10.9 Å². The number of anilines is 1. The molecule has 0 aliphatic rings. The molecular formula is C10H17N5O. The number of aryl methyl sites for hydroxylation is 1. The second kappa shape index (κ2) is 5.29. The summed E-state index contributed by atoms with van der Waals surface area (Å²) in [6, 6.07) is 1.93. The highest BCUT2D eigenvalue weighted by atomic mass is 16.4. The van der Waals surface area contributed by atoms with Crippen molar-refractivity contribution < 1.29 is 5.21 Å². The van der Waals surface area contributed by atoms with Crippen LogP contribution in [0.15, 0.2) is 17.4 Å². The number of aromatic nitrogens is 2. The number of hydrogen-bond donors (Lipinski definition) is 2. The standard InChI is InChI=1S/C10H17N5O/c1-7(6-9(11)14-16)15(3)10-4-5-12-8(2)13-10/h4-5,7,16H,6H2,1-3H3,(H2,11,14). The van der Waals surface area contributed by atoms with Crippen LogP contribution in [-0.2, 0) is 0 Å². The molecule has 0 bridgehead atoms. The molecule has 0 aliphatic carbocycles. The lowest BCUT2D eigenvalue weighted by atomic mass is 10.2. The average molecular weight is 223 g/mol. The summed E-state index contributed by atoms with van der Waals surface area (Å²) in [6.07, 6.45) is 2.19. The van der Waals surface area contributed by atoms with Gasteiger partial charge in [0.1, 0.15) is 17.5 Å². The molecule has 0 aromatic carbocycles. The number of nitrogens with zero attached hydrogens (tertiary/aromatic N) is 4. The van der Waals surface area contributed by atoms with Crippen LogP contribution in [0.1, 0.15) is 19.2 Å². The molecule has 0 radical (unpaired) electrons. The summed E-state index contributed by atoms with van der Waals surface area (Å²) in [4.78, 5) is 10.3. The Morgan fingerprint density at radius 1 is 1.69 bits per heavy atom. The zero-order valence-corrected chi connectivity index (χ0v) is 9.75. The summed E-state index contributed by atoms with van der Waals surface area (Å²) < 4.78 is 0. The highest BCUT2D eigenvalue weighted by molar-refractivity contribution is 5.80. The van der Waals surface area contributed by atoms with Crippen LogP contribution >= 0.6 is 0 Å². The van der Waals surface area contributed by atoms with Gasteiger partial charge in [-0.15, -0.1) is 0 Å². The second-order valence-corrected chi connectivity index (χ2v) is 3.72. The molecule has 1 aromatic heterocycles. The minimum absolute atomic E-state index is 0.102. The first-order valence-corrected chi connectivity index (χ1v) is 5.03. The van der Waals surface area contributed by atoms with Gasteiger partial charge in [0.2, 0.25) is 0 Å². The van der Waals surface area contributed by atoms with Gasteiger partial charge >= 0.3 is 0 Å². The lowest BCUT2D eigenvalue weighted by Crippen LogP contribution is -2.33. The molecule has 1 heterocycles. The van der Waals surface area contributed by atoms with Crippen LogP contribution in [-0.4, -0.2) is 34.1 Å². The smallest absolute Gasteiger partial charge is 0.141 e. The van der Waals surface area contributed by atoms with Gasteiger partial charge in [0.25, 0.3) is 0 Å². The van der Waals surface area contributed by atoms with Gasteiger partial charge < -0.3 is 15.8 Å². The van der Waals surface area contributed by atoms with Crippen LogP contribution in [0.4, 0.5) is 5.82 Å². The summed E-state index contributed by atoms with van der Waals surface area (Å²) in [5.74, 6) is 1.76. The van der Waals surface area contributed by atoms with E-state index in [2.05, 4.69) is 15.1 Å². The maximum absolute atomic E-state index is 8.50. The van der Waals surface area contributed by atoms with E-state index in [1.807, 2.05) is 31.9 Å². The fraction of sp³-hybridized carbons (Fsp3) is 0.500. The van der Waals surface area contributed by atoms with Gasteiger partial charge in [-0.3, -0.25) is 0 Å². The highest BCUT2D eigenvalue weighted by Crippen LogP contribution is 2.12. The molecule has 88 valence electrons. The Bertz CT molecular complexity index is 379. The molecule has 0 fully saturated rings. The van der Waals surface area contributed by atoms with Gasteiger partial charge in [0.15, 0.2) is 0 Å². The largest absolute Gasteiger partial charge is 0.409 e. The van der Waals surface area contributed by atoms with Crippen LogP contribution < -0.4 is 10.6 Å². The van der Waals surface area contributed by atoms with Crippen LogP contribution in [0.25, 0.3) is 0 Å². The number of nitrogens with two attached hydrogens (primary N) is 1. The third-order valence-electron chi connectivity index (χ3n) is 2.42. The van der Waals surface area contributed by atoms with Crippen molar-refractivity contribution in [3.63, 3.8) is 0 Å². The lowest BCUT2D eigenvalue weighted by molar-refractivity contribution is 0.316. The molecule has 1 aromatic rings. The monoisotopic (exact) mass is 223 g/mol. The molecule has 0 amide bonds. The normalized spacial score (nSPS) is 13.6. The maximum atomic E-state index is 8.50. The molecule has 1 unspecified atom stereocenters. The van der Waals surface area contributed by atoms with Crippen molar-refractivity contribution in [2.45, 2.75) is 26.3 Å². The van der Waals surface area contributed by atoms with Gasteiger partial charge in [0, 0.05) is 25.7 Å². The molecule has 6 nitrogen and oxygen atoms in total. The quantitative estimate of drug-likeness (QED) is 0.340. The van der Waals surface area contributed by atoms with E-state index in [4.69, 9.17) is 10.9 Å². The average Bonchev–Trinajstić information content (AvgIpc) is 2.27. The van der Waals surface area contributed by atoms with E-state index in [1.165, 1.54) is 0 Å². The summed E-state index contributed by atoms with van der Waals surface area (Å²) in [6.45, 7) is 3.82. The third-order valence-corrected chi connectivity index (χ3v) is 2.42. The minimum Gasteiger partial charge on any atom is -0.409 e. The first-order chi connectivity index (χ1) is 7.54. The molecule has 0 saturated heterocycles. The Morgan fingerprint density at radius 3 is 2.94 bits per heavy atom. The van der Waals surface area contributed by atoms with Crippen molar-refractivity contribution in [3.05, 3.63) is 18.1 Å². The van der Waals surface area contributed by atoms with E-state index in [9.17, 15) is 0 Å². The van der Waals surface area contributed by atoms with E-state index in [0.29, 0.717) is 6.42 Å². The summed E-state index contributed by atoms with van der Waals surface area (Å²) in [5, 5.41) is 11.5. The Labute approximate surface area is 94.8 Å². The molecule has 6 heteroatoms. The zero-order valence-electron chi connectivity index (χ0n) is 9.75. The minimum atomic E-state index is 0.102. The van der Waals surface area contributed by atoms with Crippen LogP contribution in [0, 0.1) is 6.92 Å². The molecule has 0 aliphatic heterocycles. The van der Waals surface area contributed by atoms with Gasteiger partial charge in [-0.25, -0.2) is 9.97 Å². The van der Waals surface area contributed by atoms with E-state index in [0.717, 1.165) is 11.6 Å². The molecule has 0 saturated carbocycles. The summed E-state index contributed by atoms with van der Waals surface area (Å²) in [7, 11) is 1.91. The first-order valence-electron chi connectivity index (χ1n) is 5.03. The topological polar surface area (TPSA) is 87.6 Å². The number of hydrogen-bond acceptors (Lipinski definition) is 5. The van der Waals surface area contributed by atoms with Crippen molar-refractivity contribution in [1.29, 1.82) is 0 Å². The van der Waals surface area contributed by atoms with E-state index >= 15 is 0 Å². The summed E-state index contributed by atoms with van der Waals surface area (Å²) >= 11 is 0. The molecule has 3 N–H and O–H groups in total. The van der Waals surface area contributed by atoms with Crippen molar-refractivity contribution >= 4 is 11.7 Å². The van der Waals surface area contributed by atoms with Crippen LogP contribution in [0.3, 0.4) is 0 Å². The highest BCUT2D eigenvalue weighted by Gasteiger charge is 2.13. The zero-order chi connectivity index (χ0) is 12.1. The van der Waals surface area contributed by atoms with Crippen LogP contribution in [0.5, 0.6) is 0 Å². The van der Waals surface area contributed by atoms with Crippen molar-refractivity contribution in [2.75, 3.05) is 11.9 Å². The number of oxime groups is 1. The Morgan fingerprint density at radius 2 is 2.38 bits per heavy atom. The Kier molecular flexibility index (Phi) is 4.04. The Balaban J connectivity index is 2.74. The SMILES string of the molecule is Cc1nccc(N(C)C(C)CC(N)=NO)n1. The van der Waals surface area contributed by atoms with E-state index in [-0.39, 0.29) is 11.9 Å². The number of rotatable bonds is 4. The van der Waals surface area contributed by atoms with E-state index < -0.39 is 0 Å². The molecule has 1 atom stereocenters. The lowest BCUT2D eigenvalue weighted by Gasteiger charge is -2.25. The second-order valence-electron chi connectivity index (χ2n) is 3.72. The van der Waals surface area contributed by atoms with Gasteiger partial charge in [0.05, 0.1) is 0 Å². The van der Waals surface area contributed by atoms with E-state index in [1.54, 1.807) is 6.20 Å². The third kappa shape index (κ3) is 3.08. The maximum Gasteiger partial charge on any atom is 0.141 e.